The van der Waals surface area contributed by atoms with Crippen molar-refractivity contribution in [2.75, 3.05) is 18.4 Å². The van der Waals surface area contributed by atoms with Crippen molar-refractivity contribution in [2.24, 2.45) is 0 Å². The monoisotopic (exact) mass is 422 g/mol. The molecule has 1 fully saturated rings. The summed E-state index contributed by atoms with van der Waals surface area (Å²) >= 11 is 6.10. The lowest BCUT2D eigenvalue weighted by Gasteiger charge is -2.24. The van der Waals surface area contributed by atoms with Gasteiger partial charge in [0.1, 0.15) is 0 Å². The number of rotatable bonds is 7. The normalized spacial score (nSPS) is 15.9. The van der Waals surface area contributed by atoms with E-state index in [2.05, 4.69) is 20.3 Å². The molecule has 3 heterocycles. The lowest BCUT2D eigenvalue weighted by atomic mass is 10.1. The first-order valence-corrected chi connectivity index (χ1v) is 10.5. The fraction of sp³-hybridized carbons (Fsp3) is 0.318. The third-order valence-corrected chi connectivity index (χ3v) is 5.33. The third-order valence-electron chi connectivity index (χ3n) is 5.09. The Bertz CT molecular complexity index is 1000. The van der Waals surface area contributed by atoms with Gasteiger partial charge in [-0.1, -0.05) is 23.7 Å². The molecule has 30 heavy (non-hydrogen) atoms. The van der Waals surface area contributed by atoms with Crippen LogP contribution in [0.2, 0.25) is 5.02 Å². The number of hydrogen-bond acceptors (Lipinski definition) is 6. The zero-order valence-electron chi connectivity index (χ0n) is 16.5. The van der Waals surface area contributed by atoms with Gasteiger partial charge in [0.25, 0.3) is 0 Å². The quantitative estimate of drug-likeness (QED) is 0.576. The first-order chi connectivity index (χ1) is 14.7. The van der Waals surface area contributed by atoms with Crippen molar-refractivity contribution < 1.29 is 4.79 Å². The molecule has 154 valence electrons. The first kappa shape index (κ1) is 20.2. The molecule has 4 rings (SSSR count). The van der Waals surface area contributed by atoms with Crippen LogP contribution >= 0.6 is 11.6 Å². The molecule has 0 spiro atoms. The lowest BCUT2D eigenvalue weighted by Crippen LogP contribution is -2.31. The van der Waals surface area contributed by atoms with Crippen molar-refractivity contribution in [2.45, 2.75) is 31.7 Å². The summed E-state index contributed by atoms with van der Waals surface area (Å²) in [4.78, 5) is 32.2. The molecular formula is C22H23ClN6O. The van der Waals surface area contributed by atoms with Gasteiger partial charge >= 0.3 is 0 Å². The van der Waals surface area contributed by atoms with E-state index in [9.17, 15) is 4.79 Å². The van der Waals surface area contributed by atoms with Gasteiger partial charge in [-0.2, -0.15) is 0 Å². The Kier molecular flexibility index (Phi) is 6.49. The van der Waals surface area contributed by atoms with Crippen molar-refractivity contribution in [1.82, 2.24) is 24.8 Å². The number of carbonyl (C=O) groups excluding carboxylic acids is 1. The van der Waals surface area contributed by atoms with E-state index in [4.69, 9.17) is 16.6 Å². The summed E-state index contributed by atoms with van der Waals surface area (Å²) in [6, 6.07) is 11.2. The number of likely N-dealkylation sites (tertiary alicyclic amines) is 1. The summed E-state index contributed by atoms with van der Waals surface area (Å²) in [5, 5.41) is 3.79. The smallest absolute Gasteiger partial charge is 0.223 e. The number of hydrogen-bond donors (Lipinski definition) is 1. The Morgan fingerprint density at radius 1 is 1.13 bits per heavy atom. The van der Waals surface area contributed by atoms with Crippen LogP contribution in [0.5, 0.6) is 0 Å². The highest BCUT2D eigenvalue weighted by Gasteiger charge is 2.30. The summed E-state index contributed by atoms with van der Waals surface area (Å²) in [6.07, 6.45) is 8.21. The van der Waals surface area contributed by atoms with E-state index in [1.807, 2.05) is 35.2 Å². The molecule has 7 nitrogen and oxygen atoms in total. The van der Waals surface area contributed by atoms with E-state index in [1.165, 1.54) is 0 Å². The van der Waals surface area contributed by atoms with Crippen molar-refractivity contribution in [3.63, 3.8) is 0 Å². The molecule has 3 aromatic rings. The number of aromatic nitrogens is 4. The summed E-state index contributed by atoms with van der Waals surface area (Å²) in [6.45, 7) is 1.41. The fourth-order valence-corrected chi connectivity index (χ4v) is 3.86. The zero-order chi connectivity index (χ0) is 20.8. The van der Waals surface area contributed by atoms with E-state index in [0.29, 0.717) is 29.8 Å². The average molecular weight is 423 g/mol. The Morgan fingerprint density at radius 2 is 2.00 bits per heavy atom. The molecule has 1 saturated heterocycles. The molecule has 8 heteroatoms. The highest BCUT2D eigenvalue weighted by Crippen LogP contribution is 2.32. The maximum atomic E-state index is 12.8. The molecule has 1 aromatic carbocycles. The van der Waals surface area contributed by atoms with E-state index in [0.717, 1.165) is 37.1 Å². The van der Waals surface area contributed by atoms with Crippen LogP contribution in [0.25, 0.3) is 11.4 Å². The summed E-state index contributed by atoms with van der Waals surface area (Å²) in [5.74, 6) is 1.36. The van der Waals surface area contributed by atoms with Crippen molar-refractivity contribution in [3.05, 3.63) is 65.7 Å². The van der Waals surface area contributed by atoms with Crippen LogP contribution in [0.3, 0.4) is 0 Å². The highest BCUT2D eigenvalue weighted by molar-refractivity contribution is 6.30. The van der Waals surface area contributed by atoms with Crippen molar-refractivity contribution in [3.8, 4) is 11.4 Å². The molecule has 0 aliphatic carbocycles. The molecule has 0 unspecified atom stereocenters. The lowest BCUT2D eigenvalue weighted by molar-refractivity contribution is -0.132. The number of anilines is 1. The second kappa shape index (κ2) is 9.63. The largest absolute Gasteiger partial charge is 0.354 e. The Labute approximate surface area is 180 Å². The van der Waals surface area contributed by atoms with Crippen LogP contribution in [-0.2, 0) is 4.79 Å². The summed E-state index contributed by atoms with van der Waals surface area (Å²) in [7, 11) is 0. The zero-order valence-corrected chi connectivity index (χ0v) is 17.3. The van der Waals surface area contributed by atoms with Crippen LogP contribution in [-0.4, -0.2) is 43.8 Å². The Hall–Kier alpha value is -3.06. The Morgan fingerprint density at radius 3 is 2.83 bits per heavy atom. The molecular weight excluding hydrogens is 400 g/mol. The molecule has 0 radical (unpaired) electrons. The number of amides is 1. The van der Waals surface area contributed by atoms with Crippen LogP contribution in [0.1, 0.15) is 37.4 Å². The number of carbonyl (C=O) groups is 1. The SMILES string of the molecule is O=C(CCCNc1ncccn1)N1CCC[C@@H]1c1ccnc(-c2cccc(Cl)c2)n1. The number of nitrogens with zero attached hydrogens (tertiary/aromatic N) is 5. The van der Waals surface area contributed by atoms with E-state index in [-0.39, 0.29) is 11.9 Å². The van der Waals surface area contributed by atoms with Crippen LogP contribution in [0, 0.1) is 0 Å². The van der Waals surface area contributed by atoms with Gasteiger partial charge in [0.15, 0.2) is 5.82 Å². The molecule has 1 N–H and O–H groups in total. The second-order valence-electron chi connectivity index (χ2n) is 7.16. The standard InChI is InChI=1S/C22H23ClN6O/c23-17-6-1-5-16(15-17)21-24-13-9-18(28-21)19-7-3-14-29(19)20(30)8-2-10-25-22-26-11-4-12-27-22/h1,4-6,9,11-13,15,19H,2-3,7-8,10,14H2,(H,25,26,27)/t19-/m1/s1. The third kappa shape index (κ3) is 4.91. The Balaban J connectivity index is 1.38. The van der Waals surface area contributed by atoms with E-state index < -0.39 is 0 Å². The molecule has 0 bridgehead atoms. The van der Waals surface area contributed by atoms with Gasteiger partial charge < -0.3 is 10.2 Å². The topological polar surface area (TPSA) is 83.9 Å². The van der Waals surface area contributed by atoms with Crippen molar-refractivity contribution in [1.29, 1.82) is 0 Å². The molecule has 1 aliphatic rings. The molecule has 0 saturated carbocycles. The van der Waals surface area contributed by atoms with Gasteiger partial charge in [0.2, 0.25) is 11.9 Å². The minimum Gasteiger partial charge on any atom is -0.354 e. The van der Waals surface area contributed by atoms with Crippen LogP contribution < -0.4 is 5.32 Å². The number of benzene rings is 1. The van der Waals surface area contributed by atoms with Gasteiger partial charge in [0.05, 0.1) is 11.7 Å². The van der Waals surface area contributed by atoms with Gasteiger partial charge in [-0.15, -0.1) is 0 Å². The van der Waals surface area contributed by atoms with E-state index >= 15 is 0 Å². The minimum atomic E-state index is -0.0103. The maximum Gasteiger partial charge on any atom is 0.223 e. The molecule has 2 aromatic heterocycles. The van der Waals surface area contributed by atoms with Gasteiger partial charge in [-0.05, 0) is 43.5 Å². The fourth-order valence-electron chi connectivity index (χ4n) is 3.67. The highest BCUT2D eigenvalue weighted by atomic mass is 35.5. The molecule has 1 aliphatic heterocycles. The van der Waals surface area contributed by atoms with Crippen molar-refractivity contribution >= 4 is 23.5 Å². The number of halogens is 1. The van der Waals surface area contributed by atoms with Gasteiger partial charge in [-0.3, -0.25) is 4.79 Å². The summed E-state index contributed by atoms with van der Waals surface area (Å²) < 4.78 is 0. The minimum absolute atomic E-state index is 0.0103. The number of nitrogens with one attached hydrogen (secondary N) is 1. The molecule has 1 amide bonds. The second-order valence-corrected chi connectivity index (χ2v) is 7.60. The maximum absolute atomic E-state index is 12.8. The van der Waals surface area contributed by atoms with Crippen LogP contribution in [0.15, 0.2) is 55.0 Å². The van der Waals surface area contributed by atoms with E-state index in [1.54, 1.807) is 24.7 Å². The van der Waals surface area contributed by atoms with Gasteiger partial charge in [0, 0.05) is 48.7 Å². The summed E-state index contributed by atoms with van der Waals surface area (Å²) in [5.41, 5.74) is 1.75. The predicted molar refractivity (Wildman–Crippen MR) is 116 cm³/mol. The van der Waals surface area contributed by atoms with Gasteiger partial charge in [-0.25, -0.2) is 19.9 Å². The first-order valence-electron chi connectivity index (χ1n) is 10.1. The molecule has 1 atom stereocenters. The average Bonchev–Trinajstić information content (AvgIpc) is 3.28. The predicted octanol–water partition coefficient (Wildman–Crippen LogP) is 4.14. The van der Waals surface area contributed by atoms with Crippen LogP contribution in [0.4, 0.5) is 5.95 Å².